The van der Waals surface area contributed by atoms with Gasteiger partial charge in [0.2, 0.25) is 5.82 Å². The highest BCUT2D eigenvalue weighted by molar-refractivity contribution is 5.91. The molecular formula is C16H14FN3O2. The van der Waals surface area contributed by atoms with E-state index in [0.29, 0.717) is 22.4 Å². The van der Waals surface area contributed by atoms with Gasteiger partial charge in [-0.05, 0) is 43.7 Å². The molecule has 112 valence electrons. The van der Waals surface area contributed by atoms with Crippen LogP contribution in [-0.4, -0.2) is 27.1 Å². The smallest absolute Gasteiger partial charge is 0.375 e. The predicted molar refractivity (Wildman–Crippen MR) is 79.5 cm³/mol. The Labute approximate surface area is 126 Å². The van der Waals surface area contributed by atoms with Gasteiger partial charge in [-0.15, -0.1) is 0 Å². The van der Waals surface area contributed by atoms with Crippen molar-refractivity contribution < 1.29 is 13.9 Å². The molecule has 6 heteroatoms. The monoisotopic (exact) mass is 299 g/mol. The Bertz CT molecular complexity index is 858. The van der Waals surface area contributed by atoms with Crippen molar-refractivity contribution in [2.75, 3.05) is 6.61 Å². The van der Waals surface area contributed by atoms with E-state index in [2.05, 4.69) is 9.97 Å². The summed E-state index contributed by atoms with van der Waals surface area (Å²) in [7, 11) is 0. The number of pyridine rings is 1. The summed E-state index contributed by atoms with van der Waals surface area (Å²) >= 11 is 0. The Morgan fingerprint density at radius 2 is 2.18 bits per heavy atom. The third kappa shape index (κ3) is 2.32. The third-order valence-electron chi connectivity index (χ3n) is 3.29. The summed E-state index contributed by atoms with van der Waals surface area (Å²) in [5.74, 6) is -0.842. The number of rotatable bonds is 3. The lowest BCUT2D eigenvalue weighted by molar-refractivity contribution is 0.0510. The van der Waals surface area contributed by atoms with Crippen LogP contribution in [0.4, 0.5) is 4.39 Å². The van der Waals surface area contributed by atoms with Crippen LogP contribution >= 0.6 is 0 Å². The first-order chi connectivity index (χ1) is 10.6. The summed E-state index contributed by atoms with van der Waals surface area (Å²) in [6.07, 6.45) is 1.60. The molecule has 22 heavy (non-hydrogen) atoms. The Balaban J connectivity index is 2.27. The van der Waals surface area contributed by atoms with Crippen molar-refractivity contribution in [2.45, 2.75) is 13.8 Å². The Kier molecular flexibility index (Phi) is 3.58. The molecule has 0 saturated carbocycles. The van der Waals surface area contributed by atoms with Gasteiger partial charge in [0.1, 0.15) is 11.3 Å². The van der Waals surface area contributed by atoms with Gasteiger partial charge in [0.25, 0.3) is 0 Å². The summed E-state index contributed by atoms with van der Waals surface area (Å²) in [4.78, 5) is 20.6. The molecule has 1 aromatic carbocycles. The van der Waals surface area contributed by atoms with Gasteiger partial charge in [-0.2, -0.15) is 0 Å². The summed E-state index contributed by atoms with van der Waals surface area (Å²) in [6, 6.07) is 8.19. The summed E-state index contributed by atoms with van der Waals surface area (Å²) in [5.41, 5.74) is 2.03. The molecule has 0 saturated heterocycles. The van der Waals surface area contributed by atoms with Crippen LogP contribution in [0.5, 0.6) is 0 Å². The number of carbonyl (C=O) groups is 1. The molecule has 2 heterocycles. The van der Waals surface area contributed by atoms with Gasteiger partial charge < -0.3 is 4.74 Å². The van der Waals surface area contributed by atoms with Gasteiger partial charge in [-0.25, -0.2) is 19.2 Å². The molecule has 0 unspecified atom stereocenters. The number of carbonyl (C=O) groups excluding carboxylic acids is 1. The Morgan fingerprint density at radius 1 is 1.36 bits per heavy atom. The van der Waals surface area contributed by atoms with Gasteiger partial charge >= 0.3 is 5.97 Å². The first-order valence-corrected chi connectivity index (χ1v) is 6.89. The lowest BCUT2D eigenvalue weighted by atomic mass is 10.2. The molecule has 0 radical (unpaired) electrons. The van der Waals surface area contributed by atoms with E-state index in [1.54, 1.807) is 44.3 Å². The number of imidazole rings is 1. The van der Waals surface area contributed by atoms with Crippen molar-refractivity contribution in [2.24, 2.45) is 0 Å². The lowest BCUT2D eigenvalue weighted by Gasteiger charge is -2.09. The molecule has 0 spiro atoms. The minimum Gasteiger partial charge on any atom is -0.460 e. The largest absolute Gasteiger partial charge is 0.460 e. The maximum Gasteiger partial charge on any atom is 0.375 e. The van der Waals surface area contributed by atoms with Gasteiger partial charge in [0, 0.05) is 6.20 Å². The fourth-order valence-corrected chi connectivity index (χ4v) is 2.21. The normalized spacial score (nSPS) is 10.9. The van der Waals surface area contributed by atoms with E-state index in [0.717, 1.165) is 0 Å². The minimum atomic E-state index is -0.568. The lowest BCUT2D eigenvalue weighted by Crippen LogP contribution is -2.13. The number of aryl methyl sites for hydroxylation is 1. The molecule has 0 atom stereocenters. The second-order valence-corrected chi connectivity index (χ2v) is 4.77. The van der Waals surface area contributed by atoms with Crippen molar-refractivity contribution in [3.8, 4) is 5.69 Å². The van der Waals surface area contributed by atoms with E-state index in [4.69, 9.17) is 4.74 Å². The van der Waals surface area contributed by atoms with E-state index in [9.17, 15) is 9.18 Å². The van der Waals surface area contributed by atoms with Crippen molar-refractivity contribution in [3.63, 3.8) is 0 Å². The fraction of sp³-hybridized carbons (Fsp3) is 0.188. The van der Waals surface area contributed by atoms with E-state index < -0.39 is 5.97 Å². The number of benzene rings is 1. The Hall–Kier alpha value is -2.76. The number of halogens is 1. The summed E-state index contributed by atoms with van der Waals surface area (Å²) in [6.45, 7) is 3.63. The van der Waals surface area contributed by atoms with Gasteiger partial charge in [0.15, 0.2) is 5.65 Å². The fourth-order valence-electron chi connectivity index (χ4n) is 2.21. The summed E-state index contributed by atoms with van der Waals surface area (Å²) in [5, 5.41) is 0. The van der Waals surface area contributed by atoms with E-state index >= 15 is 0 Å². The zero-order valence-corrected chi connectivity index (χ0v) is 12.2. The number of hydrogen-bond acceptors (Lipinski definition) is 4. The molecule has 5 nitrogen and oxygen atoms in total. The maximum atomic E-state index is 13.9. The van der Waals surface area contributed by atoms with Gasteiger partial charge in [-0.3, -0.25) is 4.57 Å². The number of ether oxygens (including phenoxy) is 1. The number of hydrogen-bond donors (Lipinski definition) is 0. The highest BCUT2D eigenvalue weighted by Gasteiger charge is 2.21. The third-order valence-corrected chi connectivity index (χ3v) is 3.29. The number of fused-ring (bicyclic) bond motifs is 1. The number of aromatic nitrogens is 3. The molecule has 3 aromatic rings. The second-order valence-electron chi connectivity index (χ2n) is 4.77. The highest BCUT2D eigenvalue weighted by Crippen LogP contribution is 2.22. The first kappa shape index (κ1) is 14.2. The molecule has 0 aliphatic rings. The molecule has 0 aliphatic carbocycles. The summed E-state index contributed by atoms with van der Waals surface area (Å²) < 4.78 is 20.4. The van der Waals surface area contributed by atoms with Crippen LogP contribution in [0, 0.1) is 12.7 Å². The van der Waals surface area contributed by atoms with Crippen LogP contribution in [0.15, 0.2) is 36.5 Å². The molecular weight excluding hydrogens is 285 g/mol. The highest BCUT2D eigenvalue weighted by atomic mass is 19.1. The quantitative estimate of drug-likeness (QED) is 0.697. The SMILES string of the molecule is CCOC(=O)c1nc2cccnc2n1-c1ccc(C)c(F)c1. The van der Waals surface area contributed by atoms with E-state index in [-0.39, 0.29) is 18.2 Å². The van der Waals surface area contributed by atoms with E-state index in [1.165, 1.54) is 10.6 Å². The number of esters is 1. The van der Waals surface area contributed by atoms with Crippen LogP contribution in [0.2, 0.25) is 0 Å². The predicted octanol–water partition coefficient (Wildman–Crippen LogP) is 3.04. The maximum absolute atomic E-state index is 13.9. The average Bonchev–Trinajstić information content (AvgIpc) is 2.90. The van der Waals surface area contributed by atoms with Gasteiger partial charge in [-0.1, -0.05) is 6.07 Å². The second kappa shape index (κ2) is 5.55. The van der Waals surface area contributed by atoms with Crippen molar-refractivity contribution in [1.82, 2.24) is 14.5 Å². The number of nitrogens with zero attached hydrogens (tertiary/aromatic N) is 3. The molecule has 2 aromatic heterocycles. The zero-order chi connectivity index (χ0) is 15.7. The zero-order valence-electron chi connectivity index (χ0n) is 12.2. The van der Waals surface area contributed by atoms with Crippen molar-refractivity contribution in [1.29, 1.82) is 0 Å². The first-order valence-electron chi connectivity index (χ1n) is 6.89. The van der Waals surface area contributed by atoms with Crippen LogP contribution in [-0.2, 0) is 4.74 Å². The molecule has 0 aliphatic heterocycles. The van der Waals surface area contributed by atoms with Crippen LogP contribution in [0.25, 0.3) is 16.9 Å². The molecule has 3 rings (SSSR count). The van der Waals surface area contributed by atoms with Gasteiger partial charge in [0.05, 0.1) is 12.3 Å². The molecule has 0 bridgehead atoms. The minimum absolute atomic E-state index is 0.0822. The topological polar surface area (TPSA) is 57.0 Å². The standard InChI is InChI=1S/C16H14FN3O2/c1-3-22-16(21)15-19-13-5-4-8-18-14(13)20(15)11-7-6-10(2)12(17)9-11/h4-9H,3H2,1-2H3. The van der Waals surface area contributed by atoms with Crippen molar-refractivity contribution in [3.05, 3.63) is 53.7 Å². The van der Waals surface area contributed by atoms with E-state index in [1.807, 2.05) is 0 Å². The molecule has 0 fully saturated rings. The molecule has 0 amide bonds. The Morgan fingerprint density at radius 3 is 2.91 bits per heavy atom. The average molecular weight is 299 g/mol. The van der Waals surface area contributed by atoms with Crippen LogP contribution in [0.3, 0.4) is 0 Å². The van der Waals surface area contributed by atoms with Crippen molar-refractivity contribution >= 4 is 17.1 Å². The molecule has 0 N–H and O–H groups in total. The van der Waals surface area contributed by atoms with Crippen LogP contribution in [0.1, 0.15) is 23.1 Å². The van der Waals surface area contributed by atoms with Crippen LogP contribution < -0.4 is 0 Å².